The number of halogens is 1. The lowest BCUT2D eigenvalue weighted by Gasteiger charge is -2.13. The molecule has 1 atom stereocenters. The first-order chi connectivity index (χ1) is 7.95. The molecule has 17 heavy (non-hydrogen) atoms. The third-order valence-corrected chi connectivity index (χ3v) is 2.21. The van der Waals surface area contributed by atoms with Crippen molar-refractivity contribution in [2.45, 2.75) is 26.4 Å². The minimum absolute atomic E-state index is 0.0700. The van der Waals surface area contributed by atoms with Crippen LogP contribution < -0.4 is 4.74 Å². The molecule has 0 heterocycles. The third-order valence-electron chi connectivity index (χ3n) is 2.21. The number of aliphatic carboxylic acids is 1. The van der Waals surface area contributed by atoms with Crippen LogP contribution in [0.5, 0.6) is 5.75 Å². The summed E-state index contributed by atoms with van der Waals surface area (Å²) in [4.78, 5) is 22.2. The third kappa shape index (κ3) is 3.27. The fourth-order valence-electron chi connectivity index (χ4n) is 1.25. The second-order valence-electron chi connectivity index (χ2n) is 3.52. The molecule has 0 aliphatic carbocycles. The van der Waals surface area contributed by atoms with Gasteiger partial charge >= 0.3 is 5.97 Å². The average molecular weight is 240 g/mol. The van der Waals surface area contributed by atoms with E-state index in [-0.39, 0.29) is 23.5 Å². The molecule has 0 saturated heterocycles. The molecule has 0 aromatic heterocycles. The Kier molecular flexibility index (Phi) is 4.20. The number of ketones is 1. The van der Waals surface area contributed by atoms with E-state index in [0.29, 0.717) is 0 Å². The van der Waals surface area contributed by atoms with Crippen molar-refractivity contribution in [1.82, 2.24) is 0 Å². The number of carbonyl (C=O) groups excluding carboxylic acids is 1. The first kappa shape index (κ1) is 13.2. The fourth-order valence-corrected chi connectivity index (χ4v) is 1.25. The molecule has 0 aliphatic heterocycles. The molecule has 1 rings (SSSR count). The highest BCUT2D eigenvalue weighted by Crippen LogP contribution is 2.22. The standard InChI is InChI=1S/C12H13FO4/c1-3-10(14)9-6-8(13)4-5-11(9)17-7(2)12(15)16/h4-7H,3H2,1-2H3,(H,15,16)/t7-/m0/s1. The molecule has 0 bridgehead atoms. The van der Waals surface area contributed by atoms with Gasteiger partial charge in [0, 0.05) is 6.42 Å². The van der Waals surface area contributed by atoms with E-state index < -0.39 is 17.9 Å². The molecule has 0 spiro atoms. The van der Waals surface area contributed by atoms with Gasteiger partial charge in [-0.3, -0.25) is 4.79 Å². The molecule has 0 radical (unpaired) electrons. The van der Waals surface area contributed by atoms with Crippen molar-refractivity contribution in [1.29, 1.82) is 0 Å². The van der Waals surface area contributed by atoms with Crippen LogP contribution in [0, 0.1) is 5.82 Å². The van der Waals surface area contributed by atoms with Crippen LogP contribution in [0.25, 0.3) is 0 Å². The number of benzene rings is 1. The first-order valence-electron chi connectivity index (χ1n) is 5.18. The number of ether oxygens (including phenoxy) is 1. The lowest BCUT2D eigenvalue weighted by molar-refractivity contribution is -0.144. The molecule has 1 N–H and O–H groups in total. The Morgan fingerprint density at radius 3 is 2.65 bits per heavy atom. The molecule has 0 unspecified atom stereocenters. The number of hydrogen-bond donors (Lipinski definition) is 1. The quantitative estimate of drug-likeness (QED) is 0.802. The topological polar surface area (TPSA) is 63.6 Å². The maximum Gasteiger partial charge on any atom is 0.344 e. The van der Waals surface area contributed by atoms with Crippen molar-refractivity contribution < 1.29 is 23.8 Å². The van der Waals surface area contributed by atoms with Gasteiger partial charge in [-0.05, 0) is 25.1 Å². The summed E-state index contributed by atoms with van der Waals surface area (Å²) in [5.41, 5.74) is 0.0700. The SMILES string of the molecule is CCC(=O)c1cc(F)ccc1O[C@@H](C)C(=O)O. The maximum atomic E-state index is 13.0. The highest BCUT2D eigenvalue weighted by molar-refractivity contribution is 5.98. The zero-order valence-electron chi connectivity index (χ0n) is 9.57. The molecular weight excluding hydrogens is 227 g/mol. The van der Waals surface area contributed by atoms with Crippen molar-refractivity contribution in [3.63, 3.8) is 0 Å². The van der Waals surface area contributed by atoms with E-state index in [2.05, 4.69) is 0 Å². The molecule has 0 aliphatic rings. The second-order valence-corrected chi connectivity index (χ2v) is 3.52. The van der Waals surface area contributed by atoms with E-state index in [1.807, 2.05) is 0 Å². The van der Waals surface area contributed by atoms with Gasteiger partial charge in [0.15, 0.2) is 11.9 Å². The Labute approximate surface area is 98.0 Å². The Bertz CT molecular complexity index is 442. The van der Waals surface area contributed by atoms with Crippen LogP contribution in [0.15, 0.2) is 18.2 Å². The van der Waals surface area contributed by atoms with Crippen molar-refractivity contribution >= 4 is 11.8 Å². The van der Waals surface area contributed by atoms with Crippen LogP contribution in [-0.2, 0) is 4.79 Å². The van der Waals surface area contributed by atoms with Gasteiger partial charge in [-0.1, -0.05) is 6.92 Å². The Balaban J connectivity index is 3.06. The van der Waals surface area contributed by atoms with Crippen LogP contribution in [-0.4, -0.2) is 23.0 Å². The highest BCUT2D eigenvalue weighted by atomic mass is 19.1. The molecule has 1 aromatic rings. The predicted molar refractivity (Wildman–Crippen MR) is 58.7 cm³/mol. The lowest BCUT2D eigenvalue weighted by atomic mass is 10.1. The maximum absolute atomic E-state index is 13.0. The molecular formula is C12H13FO4. The Hall–Kier alpha value is -1.91. The molecule has 5 heteroatoms. The fraction of sp³-hybridized carbons (Fsp3) is 0.333. The monoisotopic (exact) mass is 240 g/mol. The van der Waals surface area contributed by atoms with E-state index >= 15 is 0 Å². The molecule has 1 aromatic carbocycles. The van der Waals surface area contributed by atoms with Crippen molar-refractivity contribution in [2.75, 3.05) is 0 Å². The van der Waals surface area contributed by atoms with Crippen molar-refractivity contribution in [3.05, 3.63) is 29.6 Å². The average Bonchev–Trinajstić information content (AvgIpc) is 2.30. The summed E-state index contributed by atoms with van der Waals surface area (Å²) in [6.07, 6.45) is -0.898. The summed E-state index contributed by atoms with van der Waals surface area (Å²) in [5, 5.41) is 8.70. The smallest absolute Gasteiger partial charge is 0.344 e. The van der Waals surface area contributed by atoms with Crippen LogP contribution >= 0.6 is 0 Å². The van der Waals surface area contributed by atoms with E-state index in [1.165, 1.54) is 13.0 Å². The number of carbonyl (C=O) groups is 2. The van der Waals surface area contributed by atoms with Gasteiger partial charge in [-0.2, -0.15) is 0 Å². The minimum atomic E-state index is -1.15. The van der Waals surface area contributed by atoms with Crippen molar-refractivity contribution in [3.8, 4) is 5.75 Å². The van der Waals surface area contributed by atoms with Crippen LogP contribution in [0.3, 0.4) is 0 Å². The number of carboxylic acid groups (broad SMARTS) is 1. The zero-order valence-corrected chi connectivity index (χ0v) is 9.57. The molecule has 0 saturated carbocycles. The Morgan fingerprint density at radius 1 is 1.47 bits per heavy atom. The van der Waals surface area contributed by atoms with Crippen LogP contribution in [0.1, 0.15) is 30.6 Å². The van der Waals surface area contributed by atoms with E-state index in [4.69, 9.17) is 9.84 Å². The predicted octanol–water partition coefficient (Wildman–Crippen LogP) is 2.27. The summed E-state index contributed by atoms with van der Waals surface area (Å²) in [5.74, 6) is -1.91. The Morgan fingerprint density at radius 2 is 2.12 bits per heavy atom. The first-order valence-corrected chi connectivity index (χ1v) is 5.18. The van der Waals surface area contributed by atoms with Gasteiger partial charge in [0.05, 0.1) is 5.56 Å². The van der Waals surface area contributed by atoms with Gasteiger partial charge in [-0.15, -0.1) is 0 Å². The number of Topliss-reactive ketones (excluding diaryl/α,β-unsaturated/α-hetero) is 1. The largest absolute Gasteiger partial charge is 0.479 e. The second kappa shape index (κ2) is 5.43. The van der Waals surface area contributed by atoms with Gasteiger partial charge in [0.1, 0.15) is 11.6 Å². The molecule has 0 amide bonds. The van der Waals surface area contributed by atoms with E-state index in [0.717, 1.165) is 12.1 Å². The van der Waals surface area contributed by atoms with Gasteiger partial charge in [-0.25, -0.2) is 9.18 Å². The van der Waals surface area contributed by atoms with Gasteiger partial charge in [0.2, 0.25) is 0 Å². The lowest BCUT2D eigenvalue weighted by Crippen LogP contribution is -2.23. The zero-order chi connectivity index (χ0) is 13.0. The summed E-state index contributed by atoms with van der Waals surface area (Å²) >= 11 is 0. The van der Waals surface area contributed by atoms with Crippen LogP contribution in [0.4, 0.5) is 4.39 Å². The molecule has 92 valence electrons. The number of carboxylic acids is 1. The summed E-state index contributed by atoms with van der Waals surface area (Å²) in [6.45, 7) is 2.98. The van der Waals surface area contributed by atoms with Crippen LogP contribution in [0.2, 0.25) is 0 Å². The number of rotatable bonds is 5. The summed E-state index contributed by atoms with van der Waals surface area (Å²) < 4.78 is 18.1. The summed E-state index contributed by atoms with van der Waals surface area (Å²) in [6, 6.07) is 3.43. The minimum Gasteiger partial charge on any atom is -0.479 e. The van der Waals surface area contributed by atoms with E-state index in [9.17, 15) is 14.0 Å². The molecule has 4 nitrogen and oxygen atoms in total. The van der Waals surface area contributed by atoms with Gasteiger partial charge < -0.3 is 9.84 Å². The summed E-state index contributed by atoms with van der Waals surface area (Å²) in [7, 11) is 0. The number of hydrogen-bond acceptors (Lipinski definition) is 3. The highest BCUT2D eigenvalue weighted by Gasteiger charge is 2.18. The molecule has 0 fully saturated rings. The normalized spacial score (nSPS) is 11.9. The van der Waals surface area contributed by atoms with E-state index in [1.54, 1.807) is 6.92 Å². The van der Waals surface area contributed by atoms with Crippen molar-refractivity contribution in [2.24, 2.45) is 0 Å². The van der Waals surface area contributed by atoms with Gasteiger partial charge in [0.25, 0.3) is 0 Å².